The van der Waals surface area contributed by atoms with Crippen LogP contribution in [0.3, 0.4) is 0 Å². The van der Waals surface area contributed by atoms with Crippen LogP contribution in [-0.2, 0) is 0 Å². The molecule has 0 saturated heterocycles. The molecule has 1 aromatic carbocycles. The molecule has 0 heterocycles. The summed E-state index contributed by atoms with van der Waals surface area (Å²) in [5.74, 6) is 0.176. The summed E-state index contributed by atoms with van der Waals surface area (Å²) in [6, 6.07) is 5.85. The van der Waals surface area contributed by atoms with E-state index in [0.717, 1.165) is 0 Å². The van der Waals surface area contributed by atoms with E-state index in [1.54, 1.807) is 6.07 Å². The second kappa shape index (κ2) is 8.33. The summed E-state index contributed by atoms with van der Waals surface area (Å²) in [7, 11) is 0. The minimum atomic E-state index is -1.83. The second-order valence-electron chi connectivity index (χ2n) is 1.80. The number of hydrogen-bond acceptors (Lipinski definition) is 3. The van der Waals surface area contributed by atoms with Gasteiger partial charge in [-0.2, -0.15) is 0 Å². The topological polar surface area (TPSA) is 98.0 Å². The van der Waals surface area contributed by atoms with Gasteiger partial charge in [0, 0.05) is 6.07 Å². The van der Waals surface area contributed by atoms with E-state index in [1.165, 1.54) is 18.2 Å². The summed E-state index contributed by atoms with van der Waals surface area (Å²) in [4.78, 5) is 8.56. The van der Waals surface area contributed by atoms with Crippen molar-refractivity contribution in [1.82, 2.24) is 0 Å². The quantitative estimate of drug-likeness (QED) is 0.474. The molecule has 0 atom stereocenters. The predicted octanol–water partition coefficient (Wildman–Crippen LogP) is 0.672. The van der Waals surface area contributed by atoms with Gasteiger partial charge in [0.1, 0.15) is 11.5 Å². The third-order valence-corrected chi connectivity index (χ3v) is 0.830. The van der Waals surface area contributed by atoms with Gasteiger partial charge in [-0.15, -0.1) is 0 Å². The Bertz CT molecular complexity index is 242. The number of carbonyl (C=O) groups is 1. The number of phenolic OH excluding ortho intramolecular Hbond substituents is 2. The Morgan fingerprint density at radius 1 is 1.08 bits per heavy atom. The van der Waals surface area contributed by atoms with Crippen LogP contribution >= 0.6 is 0 Å². The Morgan fingerprint density at radius 2 is 1.38 bits per heavy atom. The van der Waals surface area contributed by atoms with Crippen LogP contribution in [0.2, 0.25) is 0 Å². The van der Waals surface area contributed by atoms with Crippen molar-refractivity contribution >= 4 is 57.5 Å². The molecule has 0 saturated carbocycles. The van der Waals surface area contributed by atoms with Crippen LogP contribution < -0.4 is 0 Å². The number of rotatable bonds is 0. The molecule has 4 N–H and O–H groups in total. The first kappa shape index (κ1) is 15.2. The molecule has 0 aliphatic carbocycles. The van der Waals surface area contributed by atoms with Crippen molar-refractivity contribution in [2.24, 2.45) is 0 Å². The monoisotopic (exact) mass is 212 g/mol. The van der Waals surface area contributed by atoms with Crippen LogP contribution in [0.25, 0.3) is 0 Å². The summed E-state index contributed by atoms with van der Waals surface area (Å²) in [6.45, 7) is 0. The predicted molar refractivity (Wildman–Crippen MR) is 47.6 cm³/mol. The first-order valence-electron chi connectivity index (χ1n) is 2.92. The van der Waals surface area contributed by atoms with Crippen molar-refractivity contribution in [3.05, 3.63) is 24.3 Å². The summed E-state index contributed by atoms with van der Waals surface area (Å²) >= 11 is 0. The van der Waals surface area contributed by atoms with Gasteiger partial charge in [-0.25, -0.2) is 4.79 Å². The Balaban J connectivity index is 0. The van der Waals surface area contributed by atoms with Gasteiger partial charge in [-0.05, 0) is 12.1 Å². The van der Waals surface area contributed by atoms with Crippen molar-refractivity contribution < 1.29 is 25.2 Å². The van der Waals surface area contributed by atoms with Crippen LogP contribution in [0.1, 0.15) is 0 Å². The molecule has 6 heteroatoms. The Kier molecular flexibility index (Phi) is 9.75. The van der Waals surface area contributed by atoms with E-state index >= 15 is 0 Å². The van der Waals surface area contributed by atoms with E-state index in [2.05, 4.69) is 0 Å². The maximum absolute atomic E-state index is 8.65. The number of benzene rings is 1. The van der Waals surface area contributed by atoms with Crippen molar-refractivity contribution in [3.8, 4) is 11.5 Å². The molecule has 0 aromatic heterocycles. The third-order valence-electron chi connectivity index (χ3n) is 0.830. The van der Waals surface area contributed by atoms with Gasteiger partial charge >= 0.3 is 57.5 Å². The van der Waals surface area contributed by atoms with Crippen LogP contribution in [0, 0.1) is 0 Å². The van der Waals surface area contributed by atoms with Crippen LogP contribution in [0.5, 0.6) is 11.5 Å². The van der Waals surface area contributed by atoms with E-state index < -0.39 is 6.16 Å². The van der Waals surface area contributed by atoms with Gasteiger partial charge in [0.05, 0.1) is 0 Å². The van der Waals surface area contributed by atoms with E-state index in [1.807, 2.05) is 0 Å². The number of carboxylic acid groups (broad SMARTS) is 2. The zero-order chi connectivity index (χ0) is 9.56. The molecule has 68 valence electrons. The molecule has 5 nitrogen and oxygen atoms in total. The first-order valence-corrected chi connectivity index (χ1v) is 2.92. The Hall–Kier alpha value is -0.274. The normalized spacial score (nSPS) is 7.38. The molecule has 0 bridgehead atoms. The summed E-state index contributed by atoms with van der Waals surface area (Å²) in [6.07, 6.45) is -1.83. The molecule has 0 aliphatic rings. The molecule has 1 aromatic rings. The summed E-state index contributed by atoms with van der Waals surface area (Å²) in [5.41, 5.74) is 0. The van der Waals surface area contributed by atoms with E-state index in [4.69, 9.17) is 25.2 Å². The van der Waals surface area contributed by atoms with Crippen molar-refractivity contribution in [2.75, 3.05) is 0 Å². The third kappa shape index (κ3) is 11.7. The fraction of sp³-hybridized carbons (Fsp3) is 0. The standard InChI is InChI=1S/C6H6O2.CH2O3.K.H/c7-5-2-1-3-6(8)4-5;2-1(3)4;;/h1-4,7-8H;(H2,2,3,4);;. The Labute approximate surface area is 117 Å². The second-order valence-corrected chi connectivity index (χ2v) is 1.80. The van der Waals surface area contributed by atoms with Gasteiger partial charge in [-0.3, -0.25) is 0 Å². The van der Waals surface area contributed by atoms with Crippen LogP contribution in [-0.4, -0.2) is 78.0 Å². The molecule has 0 unspecified atom stereocenters. The molecule has 1 rings (SSSR count). The number of hydrogen-bond donors (Lipinski definition) is 4. The van der Waals surface area contributed by atoms with Gasteiger partial charge in [-0.1, -0.05) is 6.07 Å². The minimum absolute atomic E-state index is 0. The van der Waals surface area contributed by atoms with Crippen LogP contribution in [0.15, 0.2) is 24.3 Å². The number of phenols is 2. The molecule has 0 fully saturated rings. The molecular formula is C7H9KO5. The molecule has 0 amide bonds. The van der Waals surface area contributed by atoms with Gasteiger partial charge < -0.3 is 20.4 Å². The first-order chi connectivity index (χ1) is 5.52. The molecule has 0 radical (unpaired) electrons. The zero-order valence-corrected chi connectivity index (χ0v) is 6.01. The van der Waals surface area contributed by atoms with Crippen molar-refractivity contribution in [1.29, 1.82) is 0 Å². The maximum atomic E-state index is 8.65. The molecule has 0 spiro atoms. The fourth-order valence-corrected chi connectivity index (χ4v) is 0.493. The molecule has 0 aliphatic heterocycles. The van der Waals surface area contributed by atoms with E-state index in [9.17, 15) is 0 Å². The summed E-state index contributed by atoms with van der Waals surface area (Å²) in [5, 5.41) is 31.3. The van der Waals surface area contributed by atoms with E-state index in [0.29, 0.717) is 0 Å². The van der Waals surface area contributed by atoms with Crippen molar-refractivity contribution in [2.45, 2.75) is 0 Å². The molecular weight excluding hydrogens is 203 g/mol. The van der Waals surface area contributed by atoms with Gasteiger partial charge in [0.15, 0.2) is 0 Å². The van der Waals surface area contributed by atoms with Gasteiger partial charge in [0.25, 0.3) is 0 Å². The average molecular weight is 212 g/mol. The zero-order valence-electron chi connectivity index (χ0n) is 6.01. The Morgan fingerprint density at radius 3 is 1.54 bits per heavy atom. The molecule has 13 heavy (non-hydrogen) atoms. The number of aromatic hydroxyl groups is 2. The van der Waals surface area contributed by atoms with Crippen molar-refractivity contribution in [3.63, 3.8) is 0 Å². The average Bonchev–Trinajstić information content (AvgIpc) is 1.84. The fourth-order valence-electron chi connectivity index (χ4n) is 0.493. The van der Waals surface area contributed by atoms with Gasteiger partial charge in [0.2, 0.25) is 0 Å². The summed E-state index contributed by atoms with van der Waals surface area (Å²) < 4.78 is 0. The van der Waals surface area contributed by atoms with E-state index in [-0.39, 0.29) is 62.9 Å². The van der Waals surface area contributed by atoms with Crippen LogP contribution in [0.4, 0.5) is 4.79 Å². The SMILES string of the molecule is O=C(O)O.Oc1cccc(O)c1.[KH].